The van der Waals surface area contributed by atoms with Crippen LogP contribution in [0, 0.1) is 13.8 Å². The second-order valence-corrected chi connectivity index (χ2v) is 53.6. The number of halogens is 3. The van der Waals surface area contributed by atoms with Gasteiger partial charge in [-0.25, -0.2) is 49.8 Å². The zero-order valence-electron chi connectivity index (χ0n) is 74.3. The summed E-state index contributed by atoms with van der Waals surface area (Å²) in [6.07, 6.45) is 17.9. The molecule has 0 saturated carbocycles. The normalized spacial score (nSPS) is 23.4. The fourth-order valence-electron chi connectivity index (χ4n) is 14.8. The van der Waals surface area contributed by atoms with Gasteiger partial charge in [-0.05, 0) is 140 Å². The smallest absolute Gasteiger partial charge is 0.192 e. The van der Waals surface area contributed by atoms with Crippen LogP contribution in [0.3, 0.4) is 0 Å². The number of rotatable bonds is 19. The van der Waals surface area contributed by atoms with Crippen molar-refractivity contribution in [1.82, 2.24) is 72.7 Å². The average molecular weight is 2020 g/mol. The number of aryl methyl sites for hydroxylation is 2. The monoisotopic (exact) mass is 2020 g/mol. The highest BCUT2D eigenvalue weighted by molar-refractivity contribution is 9.11. The first-order chi connectivity index (χ1) is 58.1. The first-order valence-electron chi connectivity index (χ1n) is 41.5. The molecule has 0 aromatic carbocycles. The third-order valence-electron chi connectivity index (χ3n) is 24.9. The molecule has 5 aliphatic rings. The van der Waals surface area contributed by atoms with E-state index in [1.807, 2.05) is 52.2 Å². The number of aliphatic hydroxyl groups excluding tert-OH is 8. The minimum atomic E-state index is -2.12. The lowest BCUT2D eigenvalue weighted by Gasteiger charge is -2.39. The van der Waals surface area contributed by atoms with Gasteiger partial charge in [0.15, 0.2) is 56.1 Å². The molecule has 13 atom stereocenters. The molecule has 5 aliphatic heterocycles. The van der Waals surface area contributed by atoms with Crippen molar-refractivity contribution in [3.8, 4) is 0 Å². The van der Waals surface area contributed by atoms with E-state index in [9.17, 15) is 35.7 Å². The molecule has 15 heterocycles. The van der Waals surface area contributed by atoms with Crippen LogP contribution >= 0.6 is 47.8 Å². The van der Waals surface area contributed by atoms with Crippen LogP contribution in [0.4, 0.5) is 29.1 Å². The largest absolute Gasteiger partial charge is 0.409 e. The van der Waals surface area contributed by atoms with Crippen LogP contribution in [0.1, 0.15) is 186 Å². The van der Waals surface area contributed by atoms with Gasteiger partial charge in [0.05, 0.1) is 103 Å². The van der Waals surface area contributed by atoms with Crippen molar-refractivity contribution in [3.63, 3.8) is 0 Å². The van der Waals surface area contributed by atoms with Gasteiger partial charge in [0.25, 0.3) is 0 Å². The molecule has 0 spiro atoms. The first kappa shape index (κ1) is 107. The Labute approximate surface area is 773 Å². The fraction of sp³-hybridized carbons (Fsp3) is 0.624. The van der Waals surface area contributed by atoms with Gasteiger partial charge < -0.3 is 129 Å². The topological polar surface area (TPSA) is 519 Å². The Morgan fingerprint density at radius 2 is 0.709 bits per heavy atom. The highest BCUT2D eigenvalue weighted by atomic mass is 79.9. The molecule has 5 fully saturated rings. The highest BCUT2D eigenvalue weighted by Crippen LogP contribution is 2.50. The molecule has 10 aromatic rings. The molecule has 36 nitrogen and oxygen atoms in total. The van der Waals surface area contributed by atoms with Crippen LogP contribution in [0.2, 0.25) is 54.4 Å². The quantitative estimate of drug-likeness (QED) is 0.0264. The van der Waals surface area contributed by atoms with Crippen LogP contribution in [0.25, 0.3) is 55.2 Å². The summed E-state index contributed by atoms with van der Waals surface area (Å²) in [5.74, 6) is 2.02. The second kappa shape index (κ2) is 42.9. The van der Waals surface area contributed by atoms with Crippen LogP contribution in [-0.2, 0) is 37.0 Å². The lowest BCUT2D eigenvalue weighted by Crippen LogP contribution is -2.45. The predicted molar refractivity (Wildman–Crippen MR) is 515 cm³/mol. The number of nitrogens with two attached hydrogens (primary N) is 5. The van der Waals surface area contributed by atoms with E-state index in [1.165, 1.54) is 31.6 Å². The summed E-state index contributed by atoms with van der Waals surface area (Å²) < 4.78 is 61.8. The molecule has 0 unspecified atom stereocenters. The Morgan fingerprint density at radius 3 is 1.03 bits per heavy atom. The molecule has 5 saturated heterocycles. The summed E-state index contributed by atoms with van der Waals surface area (Å²) in [6, 6.07) is 0. The van der Waals surface area contributed by atoms with Gasteiger partial charge in [-0.2, -0.15) is 0 Å². The van der Waals surface area contributed by atoms with Gasteiger partial charge in [-0.15, -0.1) is 6.58 Å². The van der Waals surface area contributed by atoms with Crippen molar-refractivity contribution in [2.75, 3.05) is 68.3 Å². The standard InChI is InChI=1S/C19H32N4O4Si.C18H29BrN4O2Si.C17H27BrN4O3Si.C13H18N4O4.C11H13BrN4O3.C4H8.3CH4/c1-12-8-23(16-14(12)15(20)21-11-22-16)17-13(7-19(9-24,10-25)26-17)27-28(5,6)18(2,3)4;1-7-11-8-13(25-26(5,6)18(2,3)4)17(24-11)23-9-12(19)14-15(20)21-10-22-16(14)23;1-17(2,3)26(4,5)25-12-6-10(8-23)24-16(12)22-7-11(18)13-14(19)20-9-21-15(13)22;1-7-3-17(11-9(7)10(14)15-6-16-11)12-8(20)2-13(4-18,5-19)21-12;12-6-2-16(10-8(6)9(13)14-4-15-10)11-7(18)1-5(3-17)19-11;1-3-4-2;;;/h8,11,13,17,24-25H,7,9-10H2,1-6H3,(H2,20,21,22);9-11,13,17H,7-8H2,1-6H3,(H2,20,21,22);7,9-10,12,16,23H,6,8H2,1-5H3,(H2,19,20,21);3,6,8,12,18-20H,2,4-5H2,1H3,(H2,14,15,16);2,4-5,7,11,17-18H,1,3H2,(H2,13,14,15);3H,1,4H2,2H3;3*1H4/t13-,17-;11-,13-,17-;10-,12+,16+;8-,12-;5-,7+,11+;;;;/m11010..../s1. The van der Waals surface area contributed by atoms with Crippen molar-refractivity contribution in [1.29, 1.82) is 0 Å². The van der Waals surface area contributed by atoms with Gasteiger partial charge >= 0.3 is 0 Å². The van der Waals surface area contributed by atoms with E-state index in [-0.39, 0.29) is 133 Å². The number of hydrogen-bond acceptors (Lipinski definition) is 31. The molecular weight excluding hydrogens is 1880 g/mol. The molecule has 15 rings (SSSR count). The van der Waals surface area contributed by atoms with Crippen LogP contribution in [0.15, 0.2) is 88.7 Å². The highest BCUT2D eigenvalue weighted by Gasteiger charge is 2.53. The van der Waals surface area contributed by atoms with Crippen molar-refractivity contribution in [3.05, 3.63) is 99.8 Å². The number of allylic oxidation sites excluding steroid dienone is 1. The number of anilines is 5. The molecule has 42 heteroatoms. The summed E-state index contributed by atoms with van der Waals surface area (Å²) >= 11 is 10.5. The van der Waals surface area contributed by atoms with E-state index in [0.717, 1.165) is 65.6 Å². The summed E-state index contributed by atoms with van der Waals surface area (Å²) in [5.41, 5.74) is 32.7. The van der Waals surface area contributed by atoms with Gasteiger partial charge in [0.1, 0.15) is 112 Å². The third-order valence-corrected chi connectivity index (χ3v) is 40.2. The van der Waals surface area contributed by atoms with Crippen molar-refractivity contribution in [2.45, 2.75) is 303 Å². The number of aliphatic hydroxyl groups is 8. The Bertz CT molecular complexity index is 5170. The van der Waals surface area contributed by atoms with E-state index < -0.39 is 67.0 Å². The summed E-state index contributed by atoms with van der Waals surface area (Å²) in [6.45, 7) is 43.4. The maximum atomic E-state index is 10.2. The van der Waals surface area contributed by atoms with E-state index >= 15 is 0 Å². The third kappa shape index (κ3) is 22.8. The summed E-state index contributed by atoms with van der Waals surface area (Å²) in [4.78, 5) is 41.8. The van der Waals surface area contributed by atoms with Crippen molar-refractivity contribution < 1.29 is 77.8 Å². The average Bonchev–Trinajstić information content (AvgIpc) is 1.60. The predicted octanol–water partition coefficient (Wildman–Crippen LogP) is 13.9. The van der Waals surface area contributed by atoms with Gasteiger partial charge in [0.2, 0.25) is 0 Å². The summed E-state index contributed by atoms with van der Waals surface area (Å²) in [5, 5.41) is 81.7. The second-order valence-electron chi connectivity index (χ2n) is 36.8. The first-order valence-corrected chi connectivity index (χ1v) is 52.6. The molecule has 10 aromatic heterocycles. The zero-order valence-corrected chi connectivity index (χ0v) is 82.1. The Morgan fingerprint density at radius 1 is 0.425 bits per heavy atom. The fourth-order valence-corrected chi connectivity index (χ4v) is 20.6. The Kier molecular flexibility index (Phi) is 36.2. The molecule has 0 radical (unpaired) electrons. The Balaban J connectivity index is 0.000000215. The van der Waals surface area contributed by atoms with Crippen LogP contribution in [0.5, 0.6) is 0 Å². The van der Waals surface area contributed by atoms with E-state index in [1.54, 1.807) is 21.5 Å². The van der Waals surface area contributed by atoms with E-state index in [2.05, 4.69) is 220 Å². The molecule has 127 heavy (non-hydrogen) atoms. The van der Waals surface area contributed by atoms with Crippen molar-refractivity contribution >= 4 is 157 Å². The number of nitrogen functional groups attached to an aromatic ring is 5. The Hall–Kier alpha value is -6.71. The number of fused-ring (bicyclic) bond motifs is 5. The molecular formula is C85H139Br3N20O16Si3. The molecule has 708 valence electrons. The number of nitrogens with zero attached hydrogens (tertiary/aromatic N) is 15. The summed E-state index contributed by atoms with van der Waals surface area (Å²) in [7, 11) is -6.04. The van der Waals surface area contributed by atoms with Crippen LogP contribution in [-0.4, -0.2) is 238 Å². The van der Waals surface area contributed by atoms with E-state index in [0.29, 0.717) is 81.7 Å². The number of ether oxygens (including phenoxy) is 5. The van der Waals surface area contributed by atoms with Gasteiger partial charge in [-0.3, -0.25) is 0 Å². The number of hydrogen-bond donors (Lipinski definition) is 13. The van der Waals surface area contributed by atoms with E-state index in [4.69, 9.17) is 70.7 Å². The maximum absolute atomic E-state index is 10.2. The zero-order chi connectivity index (χ0) is 91.6. The van der Waals surface area contributed by atoms with Crippen molar-refractivity contribution in [2.24, 2.45) is 0 Å². The number of aromatic nitrogens is 15. The lowest BCUT2D eigenvalue weighted by molar-refractivity contribution is -0.127. The minimum absolute atomic E-state index is 0. The molecule has 0 aliphatic carbocycles. The maximum Gasteiger partial charge on any atom is 0.192 e. The minimum Gasteiger partial charge on any atom is -0.409 e. The molecule has 0 bridgehead atoms. The molecule has 0 amide bonds. The van der Waals surface area contributed by atoms with Gasteiger partial charge in [-0.1, -0.05) is 105 Å². The molecule has 18 N–H and O–H groups in total. The van der Waals surface area contributed by atoms with Gasteiger partial charge in [0, 0.05) is 76.5 Å². The lowest BCUT2D eigenvalue weighted by atomic mass is 10.0. The SMILES string of the molecule is C.C.C.C=CCC.CC(C)(C)[Si](C)(C)O[C@@H]1C[C@@H](CO)O[C@H]1n1cc(Br)c2c(N)ncnc21.CC[C@@H]1C[C@@H](O[Si](C)(C)C(C)(C)C)[C@H](n2cc(Br)c3c(N)ncnc32)O1.Cc1cn([C@@H]2OC(CO)(CO)C[C@H]2O)c2ncnc(N)c12.Cc1cn([C@@H]2OC(CO)(CO)C[C@H]2O[Si](C)(C)C(C)(C)C)c2ncnc(N)c12.Nc1ncnc2c1c(Br)cn2[C@@H]1O[C@H](CO)C[C@H]1O. The van der Waals surface area contributed by atoms with Crippen LogP contribution < -0.4 is 28.7 Å².